The van der Waals surface area contributed by atoms with Gasteiger partial charge in [-0.15, -0.1) is 0 Å². The van der Waals surface area contributed by atoms with Crippen LogP contribution in [-0.2, 0) is 4.79 Å². The average Bonchev–Trinajstić information content (AvgIpc) is 2.39. The highest BCUT2D eigenvalue weighted by atomic mass is 35.5. The fourth-order valence-corrected chi connectivity index (χ4v) is 2.08. The molecule has 0 bridgehead atoms. The molecule has 0 aliphatic heterocycles. The average molecular weight is 297 g/mol. The third kappa shape index (κ3) is 2.88. The molecule has 2 aromatic carbocycles. The number of rotatable bonds is 4. The quantitative estimate of drug-likeness (QED) is 0.910. The summed E-state index contributed by atoms with van der Waals surface area (Å²) in [6, 6.07) is 8.42. The molecule has 0 fully saturated rings. The van der Waals surface area contributed by atoms with E-state index in [1.807, 2.05) is 0 Å². The number of halogens is 3. The van der Waals surface area contributed by atoms with Crippen LogP contribution < -0.4 is 11.1 Å². The Kier molecular flexibility index (Phi) is 4.20. The Hall–Kier alpha value is -2.14. The van der Waals surface area contributed by atoms with Crippen molar-refractivity contribution in [3.8, 4) is 0 Å². The molecule has 6 heteroatoms. The predicted molar refractivity (Wildman–Crippen MR) is 73.4 cm³/mol. The van der Waals surface area contributed by atoms with E-state index in [2.05, 4.69) is 5.32 Å². The van der Waals surface area contributed by atoms with E-state index in [1.54, 1.807) is 6.07 Å². The Labute approximate surface area is 119 Å². The standard InChI is InChI=1S/C14H11ClF2N2O/c15-8-4-3-6-10(17)12(8)13(14(18)20)19-11-7-2-1-5-9(11)16/h1-7,13,19H,(H2,18,20). The molecule has 1 unspecified atom stereocenters. The molecule has 2 aromatic rings. The van der Waals surface area contributed by atoms with Crippen LogP contribution in [-0.4, -0.2) is 5.91 Å². The van der Waals surface area contributed by atoms with Gasteiger partial charge >= 0.3 is 0 Å². The van der Waals surface area contributed by atoms with E-state index >= 15 is 0 Å². The predicted octanol–water partition coefficient (Wildman–Crippen LogP) is 3.26. The molecule has 0 saturated heterocycles. The normalized spacial score (nSPS) is 11.9. The smallest absolute Gasteiger partial charge is 0.244 e. The van der Waals surface area contributed by atoms with Gasteiger partial charge < -0.3 is 11.1 Å². The number of para-hydroxylation sites is 1. The van der Waals surface area contributed by atoms with Crippen LogP contribution in [0.1, 0.15) is 11.6 Å². The number of carbonyl (C=O) groups is 1. The first-order chi connectivity index (χ1) is 9.50. The topological polar surface area (TPSA) is 55.1 Å². The van der Waals surface area contributed by atoms with Crippen molar-refractivity contribution in [3.63, 3.8) is 0 Å². The summed E-state index contributed by atoms with van der Waals surface area (Å²) in [4.78, 5) is 11.5. The Morgan fingerprint density at radius 3 is 2.35 bits per heavy atom. The number of anilines is 1. The molecule has 0 spiro atoms. The minimum absolute atomic E-state index is 0.0376. The first kappa shape index (κ1) is 14.3. The molecule has 0 heterocycles. The minimum atomic E-state index is -1.26. The van der Waals surface area contributed by atoms with Gasteiger partial charge in [0.15, 0.2) is 0 Å². The number of nitrogens with two attached hydrogens (primary N) is 1. The van der Waals surface area contributed by atoms with Crippen molar-refractivity contribution in [3.05, 3.63) is 64.7 Å². The molecule has 3 N–H and O–H groups in total. The van der Waals surface area contributed by atoms with Crippen LogP contribution >= 0.6 is 11.6 Å². The van der Waals surface area contributed by atoms with Gasteiger partial charge in [0.05, 0.1) is 5.69 Å². The summed E-state index contributed by atoms with van der Waals surface area (Å²) in [5.41, 5.74) is 5.19. The van der Waals surface area contributed by atoms with Crippen LogP contribution in [0.2, 0.25) is 5.02 Å². The van der Waals surface area contributed by atoms with Crippen LogP contribution in [0.25, 0.3) is 0 Å². The summed E-state index contributed by atoms with van der Waals surface area (Å²) in [5, 5.41) is 2.61. The van der Waals surface area contributed by atoms with E-state index in [9.17, 15) is 13.6 Å². The lowest BCUT2D eigenvalue weighted by molar-refractivity contribution is -0.118. The van der Waals surface area contributed by atoms with Gasteiger partial charge in [0.25, 0.3) is 0 Å². The van der Waals surface area contributed by atoms with Gasteiger partial charge in [-0.2, -0.15) is 0 Å². The fraction of sp³-hybridized carbons (Fsp3) is 0.0714. The van der Waals surface area contributed by atoms with Crippen LogP contribution in [0, 0.1) is 11.6 Å². The second kappa shape index (κ2) is 5.88. The number of hydrogen-bond donors (Lipinski definition) is 2. The number of nitrogens with one attached hydrogen (secondary N) is 1. The van der Waals surface area contributed by atoms with Crippen molar-refractivity contribution in [1.29, 1.82) is 0 Å². The van der Waals surface area contributed by atoms with Crippen LogP contribution in [0.5, 0.6) is 0 Å². The lowest BCUT2D eigenvalue weighted by atomic mass is 10.0. The molecule has 0 aliphatic carbocycles. The van der Waals surface area contributed by atoms with E-state index < -0.39 is 23.6 Å². The fourth-order valence-electron chi connectivity index (χ4n) is 1.81. The maximum atomic E-state index is 13.8. The number of primary amides is 1. The third-order valence-corrected chi connectivity index (χ3v) is 3.08. The summed E-state index contributed by atoms with van der Waals surface area (Å²) in [5.74, 6) is -2.13. The van der Waals surface area contributed by atoms with Crippen molar-refractivity contribution in [2.24, 2.45) is 5.73 Å². The molecule has 20 heavy (non-hydrogen) atoms. The summed E-state index contributed by atoms with van der Waals surface area (Å²) in [6.07, 6.45) is 0. The van der Waals surface area contributed by atoms with E-state index in [-0.39, 0.29) is 16.3 Å². The van der Waals surface area contributed by atoms with E-state index in [4.69, 9.17) is 17.3 Å². The summed E-state index contributed by atoms with van der Waals surface area (Å²) < 4.78 is 27.4. The summed E-state index contributed by atoms with van der Waals surface area (Å²) in [6.45, 7) is 0. The number of benzene rings is 2. The van der Waals surface area contributed by atoms with E-state index in [0.717, 1.165) is 6.07 Å². The lowest BCUT2D eigenvalue weighted by Gasteiger charge is -2.19. The monoisotopic (exact) mass is 296 g/mol. The highest BCUT2D eigenvalue weighted by Crippen LogP contribution is 2.29. The van der Waals surface area contributed by atoms with Gasteiger partial charge in [0.2, 0.25) is 5.91 Å². The number of carbonyl (C=O) groups excluding carboxylic acids is 1. The molecule has 0 aliphatic rings. The van der Waals surface area contributed by atoms with Crippen LogP contribution in [0.4, 0.5) is 14.5 Å². The second-order valence-corrected chi connectivity index (χ2v) is 4.50. The first-order valence-electron chi connectivity index (χ1n) is 5.75. The molecule has 1 atom stereocenters. The summed E-state index contributed by atoms with van der Waals surface area (Å²) in [7, 11) is 0. The Morgan fingerprint density at radius 1 is 1.10 bits per heavy atom. The molecule has 2 rings (SSSR count). The van der Waals surface area contributed by atoms with Crippen molar-refractivity contribution in [2.45, 2.75) is 6.04 Å². The van der Waals surface area contributed by atoms with Crippen molar-refractivity contribution in [1.82, 2.24) is 0 Å². The van der Waals surface area contributed by atoms with Gasteiger partial charge in [-0.25, -0.2) is 8.78 Å². The maximum absolute atomic E-state index is 13.8. The molecule has 104 valence electrons. The Morgan fingerprint density at radius 2 is 1.75 bits per heavy atom. The molecular formula is C14H11ClF2N2O. The van der Waals surface area contributed by atoms with Crippen molar-refractivity contribution < 1.29 is 13.6 Å². The van der Waals surface area contributed by atoms with Crippen LogP contribution in [0.15, 0.2) is 42.5 Å². The largest absolute Gasteiger partial charge is 0.368 e. The molecule has 0 radical (unpaired) electrons. The van der Waals surface area contributed by atoms with Crippen molar-refractivity contribution in [2.75, 3.05) is 5.32 Å². The summed E-state index contributed by atoms with van der Waals surface area (Å²) >= 11 is 5.89. The third-order valence-electron chi connectivity index (χ3n) is 2.75. The van der Waals surface area contributed by atoms with Gasteiger partial charge in [0.1, 0.15) is 17.7 Å². The van der Waals surface area contributed by atoms with E-state index in [1.165, 1.54) is 30.3 Å². The van der Waals surface area contributed by atoms with Gasteiger partial charge in [-0.3, -0.25) is 4.79 Å². The Balaban J connectivity index is 2.43. The highest BCUT2D eigenvalue weighted by Gasteiger charge is 2.24. The maximum Gasteiger partial charge on any atom is 0.244 e. The molecule has 1 amide bonds. The molecule has 0 aromatic heterocycles. The first-order valence-corrected chi connectivity index (χ1v) is 6.13. The van der Waals surface area contributed by atoms with Crippen LogP contribution in [0.3, 0.4) is 0 Å². The number of hydrogen-bond acceptors (Lipinski definition) is 2. The van der Waals surface area contributed by atoms with Gasteiger partial charge in [-0.05, 0) is 24.3 Å². The lowest BCUT2D eigenvalue weighted by Crippen LogP contribution is -2.29. The van der Waals surface area contributed by atoms with Gasteiger partial charge in [-0.1, -0.05) is 29.8 Å². The zero-order chi connectivity index (χ0) is 14.7. The molecule has 0 saturated carbocycles. The highest BCUT2D eigenvalue weighted by molar-refractivity contribution is 6.31. The second-order valence-electron chi connectivity index (χ2n) is 4.09. The number of amides is 1. The SMILES string of the molecule is NC(=O)C(Nc1ccccc1F)c1c(F)cccc1Cl. The molecular weight excluding hydrogens is 286 g/mol. The van der Waals surface area contributed by atoms with E-state index in [0.29, 0.717) is 0 Å². The zero-order valence-corrected chi connectivity index (χ0v) is 11.0. The zero-order valence-electron chi connectivity index (χ0n) is 10.2. The van der Waals surface area contributed by atoms with Gasteiger partial charge in [0, 0.05) is 10.6 Å². The Bertz CT molecular complexity index is 629. The minimum Gasteiger partial charge on any atom is -0.368 e. The molecule has 3 nitrogen and oxygen atoms in total. The van der Waals surface area contributed by atoms with Crippen molar-refractivity contribution >= 4 is 23.2 Å².